The van der Waals surface area contributed by atoms with Crippen molar-refractivity contribution < 1.29 is 0 Å². The van der Waals surface area contributed by atoms with Gasteiger partial charge in [0.25, 0.3) is 0 Å². The SMILES string of the molecule is CCCc1cccc(C(NCC)C2SCCSC2C)c1. The zero-order valence-electron chi connectivity index (χ0n) is 12.9. The van der Waals surface area contributed by atoms with E-state index in [0.717, 1.165) is 11.8 Å². The molecular weight excluding hydrogens is 282 g/mol. The van der Waals surface area contributed by atoms with Gasteiger partial charge in [-0.25, -0.2) is 0 Å². The van der Waals surface area contributed by atoms with Crippen LogP contribution in [-0.4, -0.2) is 28.6 Å². The Bertz CT molecular complexity index is 408. The van der Waals surface area contributed by atoms with E-state index in [0.29, 0.717) is 11.3 Å². The highest BCUT2D eigenvalue weighted by Crippen LogP contribution is 2.38. The van der Waals surface area contributed by atoms with Gasteiger partial charge in [0, 0.05) is 28.0 Å². The molecule has 0 spiro atoms. The van der Waals surface area contributed by atoms with Gasteiger partial charge in [0.15, 0.2) is 0 Å². The molecule has 1 aromatic carbocycles. The summed E-state index contributed by atoms with van der Waals surface area (Å²) in [5.41, 5.74) is 2.96. The summed E-state index contributed by atoms with van der Waals surface area (Å²) in [5.74, 6) is 2.59. The summed E-state index contributed by atoms with van der Waals surface area (Å²) in [6.07, 6.45) is 2.41. The highest BCUT2D eigenvalue weighted by Gasteiger charge is 2.30. The minimum atomic E-state index is 0.490. The van der Waals surface area contributed by atoms with Gasteiger partial charge >= 0.3 is 0 Å². The van der Waals surface area contributed by atoms with E-state index in [1.165, 1.54) is 35.5 Å². The molecule has 0 bridgehead atoms. The molecule has 0 saturated carbocycles. The second kappa shape index (κ2) is 8.35. The van der Waals surface area contributed by atoms with Crippen molar-refractivity contribution in [2.75, 3.05) is 18.1 Å². The molecule has 1 nitrogen and oxygen atoms in total. The summed E-state index contributed by atoms with van der Waals surface area (Å²) >= 11 is 4.28. The third-order valence-corrected chi connectivity index (χ3v) is 7.03. The first kappa shape index (κ1) is 16.3. The van der Waals surface area contributed by atoms with Gasteiger partial charge in [0.05, 0.1) is 0 Å². The number of nitrogens with one attached hydrogen (secondary N) is 1. The van der Waals surface area contributed by atoms with Crippen LogP contribution in [0.2, 0.25) is 0 Å². The molecule has 3 atom stereocenters. The van der Waals surface area contributed by atoms with Crippen LogP contribution in [0.25, 0.3) is 0 Å². The van der Waals surface area contributed by atoms with Gasteiger partial charge < -0.3 is 5.32 Å². The fourth-order valence-electron chi connectivity index (χ4n) is 2.89. The van der Waals surface area contributed by atoms with E-state index in [1.807, 2.05) is 0 Å². The molecule has 1 heterocycles. The smallest absolute Gasteiger partial charge is 0.0451 e. The average Bonchev–Trinajstić information content (AvgIpc) is 2.46. The minimum absolute atomic E-state index is 0.490. The summed E-state index contributed by atoms with van der Waals surface area (Å²) < 4.78 is 0. The van der Waals surface area contributed by atoms with Crippen molar-refractivity contribution in [3.8, 4) is 0 Å². The molecule has 2 rings (SSSR count). The van der Waals surface area contributed by atoms with Gasteiger partial charge in [-0.05, 0) is 24.1 Å². The fraction of sp³-hybridized carbons (Fsp3) is 0.647. The minimum Gasteiger partial charge on any atom is -0.309 e. The first-order valence-electron chi connectivity index (χ1n) is 7.81. The van der Waals surface area contributed by atoms with E-state index in [1.54, 1.807) is 0 Å². The maximum Gasteiger partial charge on any atom is 0.0451 e. The van der Waals surface area contributed by atoms with Crippen molar-refractivity contribution in [1.82, 2.24) is 5.32 Å². The largest absolute Gasteiger partial charge is 0.309 e. The first-order chi connectivity index (χ1) is 9.76. The number of hydrogen-bond acceptors (Lipinski definition) is 3. The number of benzene rings is 1. The fourth-order valence-corrected chi connectivity index (χ4v) is 5.84. The Kier molecular flexibility index (Phi) is 6.79. The van der Waals surface area contributed by atoms with E-state index in [9.17, 15) is 0 Å². The zero-order valence-corrected chi connectivity index (χ0v) is 14.5. The zero-order chi connectivity index (χ0) is 14.4. The van der Waals surface area contributed by atoms with Crippen molar-refractivity contribution in [1.29, 1.82) is 0 Å². The molecule has 1 aliphatic heterocycles. The molecule has 1 aromatic rings. The Hall–Kier alpha value is -0.120. The lowest BCUT2D eigenvalue weighted by Gasteiger charge is -2.35. The summed E-state index contributed by atoms with van der Waals surface area (Å²) in [6.45, 7) is 7.90. The summed E-state index contributed by atoms with van der Waals surface area (Å²) in [6, 6.07) is 9.71. The van der Waals surface area contributed by atoms with Gasteiger partial charge in [-0.2, -0.15) is 23.5 Å². The molecular formula is C17H27NS2. The van der Waals surface area contributed by atoms with E-state index < -0.39 is 0 Å². The molecule has 0 aromatic heterocycles. The normalized spacial score (nSPS) is 24.6. The maximum absolute atomic E-state index is 3.73. The molecule has 0 amide bonds. The van der Waals surface area contributed by atoms with Gasteiger partial charge in [-0.1, -0.05) is 51.5 Å². The van der Waals surface area contributed by atoms with Crippen LogP contribution in [0.3, 0.4) is 0 Å². The lowest BCUT2D eigenvalue weighted by molar-refractivity contribution is 0.525. The Morgan fingerprint density at radius 1 is 1.25 bits per heavy atom. The molecule has 3 heteroatoms. The van der Waals surface area contributed by atoms with E-state index in [2.05, 4.69) is 73.9 Å². The summed E-state index contributed by atoms with van der Waals surface area (Å²) in [5, 5.41) is 5.15. The van der Waals surface area contributed by atoms with Gasteiger partial charge in [0.2, 0.25) is 0 Å². The van der Waals surface area contributed by atoms with Gasteiger partial charge in [0.1, 0.15) is 0 Å². The predicted molar refractivity (Wildman–Crippen MR) is 95.0 cm³/mol. The predicted octanol–water partition coefficient (Wildman–Crippen LogP) is 4.53. The molecule has 0 aliphatic carbocycles. The Morgan fingerprint density at radius 2 is 2.05 bits per heavy atom. The molecule has 1 aliphatic rings. The number of rotatable bonds is 6. The van der Waals surface area contributed by atoms with E-state index >= 15 is 0 Å². The Labute approximate surface area is 132 Å². The van der Waals surface area contributed by atoms with Crippen LogP contribution in [0.1, 0.15) is 44.4 Å². The van der Waals surface area contributed by atoms with Crippen molar-refractivity contribution in [3.05, 3.63) is 35.4 Å². The molecule has 1 saturated heterocycles. The molecule has 3 unspecified atom stereocenters. The lowest BCUT2D eigenvalue weighted by atomic mass is 9.98. The van der Waals surface area contributed by atoms with Crippen molar-refractivity contribution in [2.45, 2.75) is 50.2 Å². The number of hydrogen-bond donors (Lipinski definition) is 1. The second-order valence-corrected chi connectivity index (χ2v) is 8.21. The monoisotopic (exact) mass is 309 g/mol. The first-order valence-corrected chi connectivity index (χ1v) is 9.91. The summed E-state index contributed by atoms with van der Waals surface area (Å²) in [4.78, 5) is 0. The molecule has 20 heavy (non-hydrogen) atoms. The number of aryl methyl sites for hydroxylation is 1. The molecule has 0 radical (unpaired) electrons. The third-order valence-electron chi connectivity index (χ3n) is 3.84. The Morgan fingerprint density at radius 3 is 2.75 bits per heavy atom. The van der Waals surface area contributed by atoms with Crippen LogP contribution in [-0.2, 0) is 6.42 Å². The van der Waals surface area contributed by atoms with Crippen LogP contribution in [0.15, 0.2) is 24.3 Å². The average molecular weight is 310 g/mol. The molecule has 1 fully saturated rings. The quantitative estimate of drug-likeness (QED) is 0.829. The van der Waals surface area contributed by atoms with Crippen molar-refractivity contribution >= 4 is 23.5 Å². The molecule has 112 valence electrons. The van der Waals surface area contributed by atoms with E-state index in [4.69, 9.17) is 0 Å². The van der Waals surface area contributed by atoms with Crippen LogP contribution < -0.4 is 5.32 Å². The second-order valence-electron chi connectivity index (χ2n) is 5.44. The van der Waals surface area contributed by atoms with Gasteiger partial charge in [-0.15, -0.1) is 0 Å². The molecule has 1 N–H and O–H groups in total. The van der Waals surface area contributed by atoms with E-state index in [-0.39, 0.29) is 0 Å². The van der Waals surface area contributed by atoms with Crippen molar-refractivity contribution in [2.24, 2.45) is 0 Å². The Balaban J connectivity index is 2.20. The van der Waals surface area contributed by atoms with Crippen LogP contribution in [0.5, 0.6) is 0 Å². The van der Waals surface area contributed by atoms with Crippen LogP contribution >= 0.6 is 23.5 Å². The number of thioether (sulfide) groups is 2. The maximum atomic E-state index is 3.73. The van der Waals surface area contributed by atoms with Gasteiger partial charge in [-0.3, -0.25) is 0 Å². The van der Waals surface area contributed by atoms with Crippen molar-refractivity contribution in [3.63, 3.8) is 0 Å². The van der Waals surface area contributed by atoms with Crippen LogP contribution in [0.4, 0.5) is 0 Å². The highest BCUT2D eigenvalue weighted by atomic mass is 32.2. The standard InChI is InChI=1S/C17H27NS2/c1-4-7-14-8-6-9-15(12-14)16(18-5-2)17-13(3)19-10-11-20-17/h6,8-9,12-13,16-18H,4-5,7,10-11H2,1-3H3. The third kappa shape index (κ3) is 4.19. The lowest BCUT2D eigenvalue weighted by Crippen LogP contribution is -2.37. The van der Waals surface area contributed by atoms with Crippen LogP contribution in [0, 0.1) is 0 Å². The highest BCUT2D eigenvalue weighted by molar-refractivity contribution is 8.07. The topological polar surface area (TPSA) is 12.0 Å². The summed E-state index contributed by atoms with van der Waals surface area (Å²) in [7, 11) is 0.